The smallest absolute Gasteiger partial charge is 0.144 e. The second-order valence-electron chi connectivity index (χ2n) is 4.99. The van der Waals surface area contributed by atoms with Crippen molar-refractivity contribution in [2.24, 2.45) is 0 Å². The van der Waals surface area contributed by atoms with Crippen molar-refractivity contribution >= 4 is 28.1 Å². The summed E-state index contributed by atoms with van der Waals surface area (Å²) in [4.78, 5) is 7.15. The van der Waals surface area contributed by atoms with Crippen LogP contribution < -0.4 is 5.32 Å². The van der Waals surface area contributed by atoms with Crippen LogP contribution in [0.4, 0.5) is 5.82 Å². The van der Waals surface area contributed by atoms with Crippen LogP contribution >= 0.6 is 11.3 Å². The van der Waals surface area contributed by atoms with Gasteiger partial charge in [-0.05, 0) is 37.6 Å². The van der Waals surface area contributed by atoms with Crippen LogP contribution in [0.2, 0.25) is 0 Å². The van der Waals surface area contributed by atoms with E-state index in [0.29, 0.717) is 17.9 Å². The number of aromatic nitrogens is 1. The van der Waals surface area contributed by atoms with Gasteiger partial charge in [-0.1, -0.05) is 18.2 Å². The van der Waals surface area contributed by atoms with Gasteiger partial charge in [-0.25, -0.2) is 4.98 Å². The normalized spacial score (nSPS) is 10.5. The van der Waals surface area contributed by atoms with Gasteiger partial charge < -0.3 is 5.32 Å². The van der Waals surface area contributed by atoms with Crippen molar-refractivity contribution in [3.8, 4) is 6.07 Å². The number of para-hydroxylation sites is 1. The van der Waals surface area contributed by atoms with Crippen molar-refractivity contribution in [1.82, 2.24) is 4.98 Å². The molecule has 1 N–H and O–H groups in total. The number of nitriles is 1. The molecule has 2 heterocycles. The fourth-order valence-corrected chi connectivity index (χ4v) is 3.24. The van der Waals surface area contributed by atoms with Crippen LogP contribution in [0.25, 0.3) is 10.9 Å². The highest BCUT2D eigenvalue weighted by atomic mass is 32.1. The maximum absolute atomic E-state index is 9.30. The Balaban J connectivity index is 1.90. The van der Waals surface area contributed by atoms with Gasteiger partial charge in [-0.15, -0.1) is 11.3 Å². The first-order valence-corrected chi connectivity index (χ1v) is 7.58. The van der Waals surface area contributed by atoms with E-state index in [9.17, 15) is 5.26 Å². The maximum Gasteiger partial charge on any atom is 0.144 e. The molecule has 0 bridgehead atoms. The Kier molecular flexibility index (Phi) is 3.59. The van der Waals surface area contributed by atoms with E-state index in [1.165, 1.54) is 15.3 Å². The van der Waals surface area contributed by atoms with Gasteiger partial charge in [-0.3, -0.25) is 0 Å². The molecule has 3 rings (SSSR count). The van der Waals surface area contributed by atoms with Crippen LogP contribution in [0.1, 0.15) is 20.9 Å². The Labute approximate surface area is 127 Å². The van der Waals surface area contributed by atoms with Crippen LogP contribution in [-0.2, 0) is 6.54 Å². The standard InChI is InChI=1S/C17H15N3S/c1-11-7-15(21-12(11)2)10-19-17-14(9-18)8-13-5-3-4-6-16(13)20-17/h3-8H,10H2,1-2H3,(H,19,20). The SMILES string of the molecule is Cc1cc(CNc2nc3ccccc3cc2C#N)sc1C. The fraction of sp³-hybridized carbons (Fsp3) is 0.176. The molecule has 3 aromatic rings. The third-order valence-corrected chi connectivity index (χ3v) is 4.64. The Morgan fingerprint density at radius 3 is 2.76 bits per heavy atom. The molecule has 0 spiro atoms. The van der Waals surface area contributed by atoms with Crippen molar-refractivity contribution in [1.29, 1.82) is 5.26 Å². The second kappa shape index (κ2) is 5.55. The minimum Gasteiger partial charge on any atom is -0.364 e. The van der Waals surface area contributed by atoms with Gasteiger partial charge in [0, 0.05) is 15.1 Å². The number of anilines is 1. The molecule has 21 heavy (non-hydrogen) atoms. The largest absolute Gasteiger partial charge is 0.364 e. The zero-order chi connectivity index (χ0) is 14.8. The summed E-state index contributed by atoms with van der Waals surface area (Å²) in [7, 11) is 0. The van der Waals surface area contributed by atoms with Gasteiger partial charge >= 0.3 is 0 Å². The minimum atomic E-state index is 0.582. The molecule has 3 nitrogen and oxygen atoms in total. The fourth-order valence-electron chi connectivity index (χ4n) is 2.24. The predicted molar refractivity (Wildman–Crippen MR) is 87.6 cm³/mol. The van der Waals surface area contributed by atoms with Gasteiger partial charge in [-0.2, -0.15) is 5.26 Å². The van der Waals surface area contributed by atoms with Crippen LogP contribution in [0.5, 0.6) is 0 Å². The van der Waals surface area contributed by atoms with Crippen LogP contribution in [-0.4, -0.2) is 4.98 Å². The minimum absolute atomic E-state index is 0.582. The van der Waals surface area contributed by atoms with Crippen molar-refractivity contribution in [3.63, 3.8) is 0 Å². The van der Waals surface area contributed by atoms with Crippen LogP contribution in [0.15, 0.2) is 36.4 Å². The van der Waals surface area contributed by atoms with Crippen LogP contribution in [0, 0.1) is 25.2 Å². The van der Waals surface area contributed by atoms with Crippen molar-refractivity contribution in [3.05, 3.63) is 57.3 Å². The number of rotatable bonds is 3. The number of benzene rings is 1. The lowest BCUT2D eigenvalue weighted by atomic mass is 10.1. The molecule has 0 unspecified atom stereocenters. The van der Waals surface area contributed by atoms with Crippen molar-refractivity contribution in [2.75, 3.05) is 5.32 Å². The zero-order valence-electron chi connectivity index (χ0n) is 12.0. The molecule has 1 aromatic carbocycles. The number of fused-ring (bicyclic) bond motifs is 1. The van der Waals surface area contributed by atoms with E-state index in [2.05, 4.69) is 36.3 Å². The van der Waals surface area contributed by atoms with Gasteiger partial charge in [0.2, 0.25) is 0 Å². The number of nitrogens with one attached hydrogen (secondary N) is 1. The van der Waals surface area contributed by atoms with E-state index >= 15 is 0 Å². The lowest BCUT2D eigenvalue weighted by molar-refractivity contribution is 1.15. The second-order valence-corrected chi connectivity index (χ2v) is 6.34. The molecule has 0 saturated heterocycles. The summed E-state index contributed by atoms with van der Waals surface area (Å²) in [6, 6.07) is 14.1. The monoisotopic (exact) mass is 293 g/mol. The molecule has 0 aliphatic heterocycles. The molecule has 104 valence electrons. The highest BCUT2D eigenvalue weighted by Crippen LogP contribution is 2.23. The number of nitrogens with zero attached hydrogens (tertiary/aromatic N) is 2. The summed E-state index contributed by atoms with van der Waals surface area (Å²) in [6.07, 6.45) is 0. The zero-order valence-corrected chi connectivity index (χ0v) is 12.8. The maximum atomic E-state index is 9.30. The lowest BCUT2D eigenvalue weighted by Crippen LogP contribution is -2.02. The third-order valence-electron chi connectivity index (χ3n) is 3.49. The molecule has 2 aromatic heterocycles. The quantitative estimate of drug-likeness (QED) is 0.778. The molecule has 4 heteroatoms. The lowest BCUT2D eigenvalue weighted by Gasteiger charge is -2.07. The average Bonchev–Trinajstić information content (AvgIpc) is 2.82. The van der Waals surface area contributed by atoms with E-state index in [1.54, 1.807) is 11.3 Å². The van der Waals surface area contributed by atoms with E-state index < -0.39 is 0 Å². The Morgan fingerprint density at radius 2 is 2.05 bits per heavy atom. The number of pyridine rings is 1. The summed E-state index contributed by atoms with van der Waals surface area (Å²) >= 11 is 1.78. The number of hydrogen-bond acceptors (Lipinski definition) is 4. The molecule has 0 aliphatic rings. The Hall–Kier alpha value is -2.38. The molecule has 0 saturated carbocycles. The van der Waals surface area contributed by atoms with Crippen molar-refractivity contribution < 1.29 is 0 Å². The van der Waals surface area contributed by atoms with Gasteiger partial charge in [0.15, 0.2) is 0 Å². The highest BCUT2D eigenvalue weighted by molar-refractivity contribution is 7.12. The molecule has 0 radical (unpaired) electrons. The van der Waals surface area contributed by atoms with E-state index in [4.69, 9.17) is 0 Å². The van der Waals surface area contributed by atoms with Gasteiger partial charge in [0.05, 0.1) is 17.6 Å². The third kappa shape index (κ3) is 2.74. The van der Waals surface area contributed by atoms with E-state index in [-0.39, 0.29) is 0 Å². The molecule has 0 aliphatic carbocycles. The molecular weight excluding hydrogens is 278 g/mol. The first kappa shape index (κ1) is 13.6. The summed E-state index contributed by atoms with van der Waals surface area (Å²) in [5.74, 6) is 0.653. The Morgan fingerprint density at radius 1 is 1.24 bits per heavy atom. The Bertz CT molecular complexity index is 823. The number of hydrogen-bond donors (Lipinski definition) is 1. The van der Waals surface area contributed by atoms with Gasteiger partial charge in [0.1, 0.15) is 11.9 Å². The molecule has 0 fully saturated rings. The van der Waals surface area contributed by atoms with E-state index in [1.807, 2.05) is 30.3 Å². The number of aryl methyl sites for hydroxylation is 2. The topological polar surface area (TPSA) is 48.7 Å². The molecule has 0 atom stereocenters. The first-order valence-electron chi connectivity index (χ1n) is 6.77. The molecular formula is C17H15N3S. The van der Waals surface area contributed by atoms with Crippen LogP contribution in [0.3, 0.4) is 0 Å². The summed E-state index contributed by atoms with van der Waals surface area (Å²) in [5.41, 5.74) is 2.79. The number of thiophene rings is 1. The molecule has 0 amide bonds. The summed E-state index contributed by atoms with van der Waals surface area (Å²) in [6.45, 7) is 4.93. The van der Waals surface area contributed by atoms with Gasteiger partial charge in [0.25, 0.3) is 0 Å². The average molecular weight is 293 g/mol. The van der Waals surface area contributed by atoms with E-state index in [0.717, 1.165) is 10.9 Å². The summed E-state index contributed by atoms with van der Waals surface area (Å²) in [5, 5.41) is 13.6. The first-order chi connectivity index (χ1) is 10.2. The summed E-state index contributed by atoms with van der Waals surface area (Å²) < 4.78 is 0. The highest BCUT2D eigenvalue weighted by Gasteiger charge is 2.07. The predicted octanol–water partition coefficient (Wildman–Crippen LogP) is 4.40. The van der Waals surface area contributed by atoms with Crippen molar-refractivity contribution in [2.45, 2.75) is 20.4 Å².